The number of aromatic nitrogens is 1. The SMILES string of the molecule is Cc1cccc(-c2sc(C)nc2C(=O)N2C[C@H]3C[C@@H]3[C@@H]2CN)c1. The predicted octanol–water partition coefficient (Wildman–Crippen LogP) is 2.85. The number of nitrogens with two attached hydrogens (primary N) is 1. The summed E-state index contributed by atoms with van der Waals surface area (Å²) in [5.74, 6) is 1.33. The predicted molar refractivity (Wildman–Crippen MR) is 92.5 cm³/mol. The summed E-state index contributed by atoms with van der Waals surface area (Å²) in [7, 11) is 0. The van der Waals surface area contributed by atoms with Crippen molar-refractivity contribution in [2.75, 3.05) is 13.1 Å². The van der Waals surface area contributed by atoms with Crippen molar-refractivity contribution in [2.24, 2.45) is 17.6 Å². The number of hydrogen-bond donors (Lipinski definition) is 1. The number of likely N-dealkylation sites (tertiary alicyclic amines) is 1. The van der Waals surface area contributed by atoms with Gasteiger partial charge in [-0.15, -0.1) is 11.3 Å². The Bertz CT molecular complexity index is 769. The van der Waals surface area contributed by atoms with Crippen LogP contribution in [0.3, 0.4) is 0 Å². The highest BCUT2D eigenvalue weighted by molar-refractivity contribution is 7.15. The lowest BCUT2D eigenvalue weighted by molar-refractivity contribution is 0.0708. The third kappa shape index (κ3) is 2.48. The molecule has 0 radical (unpaired) electrons. The van der Waals surface area contributed by atoms with Crippen LogP contribution >= 0.6 is 11.3 Å². The van der Waals surface area contributed by atoms with Crippen LogP contribution in [0, 0.1) is 25.7 Å². The normalized spacial score (nSPS) is 25.5. The average Bonchev–Trinajstić information content (AvgIpc) is 3.03. The molecule has 2 fully saturated rings. The van der Waals surface area contributed by atoms with Gasteiger partial charge in [-0.2, -0.15) is 0 Å². The molecule has 4 rings (SSSR count). The van der Waals surface area contributed by atoms with Gasteiger partial charge in [0.05, 0.1) is 9.88 Å². The Hall–Kier alpha value is -1.72. The smallest absolute Gasteiger partial charge is 0.274 e. The summed E-state index contributed by atoms with van der Waals surface area (Å²) in [4.78, 5) is 20.6. The first kappa shape index (κ1) is 14.8. The quantitative estimate of drug-likeness (QED) is 0.943. The Kier molecular flexibility index (Phi) is 3.50. The average molecular weight is 327 g/mol. The minimum absolute atomic E-state index is 0.0495. The summed E-state index contributed by atoms with van der Waals surface area (Å²) in [5.41, 5.74) is 8.78. The van der Waals surface area contributed by atoms with E-state index in [1.807, 2.05) is 17.9 Å². The van der Waals surface area contributed by atoms with Gasteiger partial charge in [-0.1, -0.05) is 29.8 Å². The van der Waals surface area contributed by atoms with Crippen LogP contribution in [-0.4, -0.2) is 34.9 Å². The van der Waals surface area contributed by atoms with Gasteiger partial charge in [0.15, 0.2) is 0 Å². The summed E-state index contributed by atoms with van der Waals surface area (Å²) < 4.78 is 0. The number of amides is 1. The lowest BCUT2D eigenvalue weighted by Gasteiger charge is -2.26. The summed E-state index contributed by atoms with van der Waals surface area (Å²) in [5, 5.41) is 0.929. The third-order valence-electron chi connectivity index (χ3n) is 5.02. The molecule has 120 valence electrons. The molecule has 0 spiro atoms. The molecule has 1 amide bonds. The lowest BCUT2D eigenvalue weighted by Crippen LogP contribution is -2.43. The van der Waals surface area contributed by atoms with Gasteiger partial charge in [0, 0.05) is 19.1 Å². The number of benzene rings is 1. The zero-order valence-electron chi connectivity index (χ0n) is 13.5. The monoisotopic (exact) mass is 327 g/mol. The van der Waals surface area contributed by atoms with Gasteiger partial charge in [0.25, 0.3) is 5.91 Å². The van der Waals surface area contributed by atoms with Gasteiger partial charge < -0.3 is 10.6 Å². The number of aryl methyl sites for hydroxylation is 2. The van der Waals surface area contributed by atoms with Gasteiger partial charge >= 0.3 is 0 Å². The van der Waals surface area contributed by atoms with Crippen LogP contribution in [0.25, 0.3) is 10.4 Å². The molecule has 0 unspecified atom stereocenters. The Labute approximate surface area is 140 Å². The number of thiazole rings is 1. The zero-order chi connectivity index (χ0) is 16.1. The van der Waals surface area contributed by atoms with Crippen molar-refractivity contribution in [2.45, 2.75) is 26.3 Å². The Balaban J connectivity index is 1.70. The lowest BCUT2D eigenvalue weighted by atomic mass is 10.1. The maximum atomic E-state index is 13.1. The molecule has 1 aliphatic carbocycles. The highest BCUT2D eigenvalue weighted by atomic mass is 32.1. The number of nitrogens with zero attached hydrogens (tertiary/aromatic N) is 2. The third-order valence-corrected chi connectivity index (χ3v) is 6.04. The zero-order valence-corrected chi connectivity index (χ0v) is 14.3. The van der Waals surface area contributed by atoms with E-state index in [-0.39, 0.29) is 11.9 Å². The van der Waals surface area contributed by atoms with E-state index in [9.17, 15) is 4.79 Å². The molecule has 0 bridgehead atoms. The molecule has 3 atom stereocenters. The van der Waals surface area contributed by atoms with E-state index >= 15 is 0 Å². The summed E-state index contributed by atoms with van der Waals surface area (Å²) >= 11 is 1.59. The van der Waals surface area contributed by atoms with Crippen molar-refractivity contribution in [1.29, 1.82) is 0 Å². The van der Waals surface area contributed by atoms with E-state index in [1.165, 1.54) is 12.0 Å². The maximum absolute atomic E-state index is 13.1. The first-order valence-corrected chi connectivity index (χ1v) is 8.95. The number of rotatable bonds is 3. The Morgan fingerprint density at radius 1 is 1.43 bits per heavy atom. The molecule has 1 aromatic heterocycles. The van der Waals surface area contributed by atoms with Gasteiger partial charge in [-0.3, -0.25) is 4.79 Å². The van der Waals surface area contributed by atoms with Crippen LogP contribution in [0.4, 0.5) is 0 Å². The molecular weight excluding hydrogens is 306 g/mol. The van der Waals surface area contributed by atoms with Crippen LogP contribution < -0.4 is 5.73 Å². The fourth-order valence-electron chi connectivity index (χ4n) is 3.80. The maximum Gasteiger partial charge on any atom is 0.274 e. The fourth-order valence-corrected chi connectivity index (χ4v) is 4.70. The topological polar surface area (TPSA) is 59.2 Å². The van der Waals surface area contributed by atoms with E-state index < -0.39 is 0 Å². The van der Waals surface area contributed by atoms with Crippen molar-refractivity contribution >= 4 is 17.2 Å². The number of piperidine rings is 1. The Morgan fingerprint density at radius 2 is 2.26 bits per heavy atom. The number of hydrogen-bond acceptors (Lipinski definition) is 4. The fraction of sp³-hybridized carbons (Fsp3) is 0.444. The minimum atomic E-state index is 0.0495. The standard InChI is InChI=1S/C18H21N3OS/c1-10-4-3-5-12(6-10)17-16(20-11(2)23-17)18(22)21-9-13-7-14(13)15(21)8-19/h3-6,13-15H,7-9,19H2,1-2H3/t13-,14+,15+/m1/s1. The minimum Gasteiger partial charge on any atom is -0.332 e. The van der Waals surface area contributed by atoms with Gasteiger partial charge in [0.1, 0.15) is 5.69 Å². The molecule has 5 heteroatoms. The molecule has 1 aliphatic heterocycles. The highest BCUT2D eigenvalue weighted by Crippen LogP contribution is 2.49. The summed E-state index contributed by atoms with van der Waals surface area (Å²) in [6, 6.07) is 8.46. The van der Waals surface area contributed by atoms with Crippen molar-refractivity contribution in [3.63, 3.8) is 0 Å². The van der Waals surface area contributed by atoms with Crippen LogP contribution in [0.2, 0.25) is 0 Å². The number of carbonyl (C=O) groups excluding carboxylic acids is 1. The largest absolute Gasteiger partial charge is 0.332 e. The van der Waals surface area contributed by atoms with Crippen molar-refractivity contribution in [3.05, 3.63) is 40.5 Å². The van der Waals surface area contributed by atoms with Crippen molar-refractivity contribution in [3.8, 4) is 10.4 Å². The first-order valence-electron chi connectivity index (χ1n) is 8.14. The molecule has 1 aromatic carbocycles. The molecule has 2 aromatic rings. The van der Waals surface area contributed by atoms with Crippen molar-refractivity contribution in [1.82, 2.24) is 9.88 Å². The van der Waals surface area contributed by atoms with E-state index in [0.29, 0.717) is 24.1 Å². The molecule has 23 heavy (non-hydrogen) atoms. The molecule has 1 saturated heterocycles. The number of fused-ring (bicyclic) bond motifs is 1. The first-order chi connectivity index (χ1) is 11.1. The van der Waals surface area contributed by atoms with Crippen LogP contribution in [0.15, 0.2) is 24.3 Å². The molecule has 4 nitrogen and oxygen atoms in total. The molecular formula is C18H21N3OS. The second-order valence-electron chi connectivity index (χ2n) is 6.70. The van der Waals surface area contributed by atoms with E-state index in [2.05, 4.69) is 30.1 Å². The highest BCUT2D eigenvalue weighted by Gasteiger charge is 2.53. The van der Waals surface area contributed by atoms with Crippen LogP contribution in [0.1, 0.15) is 27.5 Å². The van der Waals surface area contributed by atoms with E-state index in [4.69, 9.17) is 5.73 Å². The van der Waals surface area contributed by atoms with E-state index in [1.54, 1.807) is 11.3 Å². The molecule has 2 heterocycles. The van der Waals surface area contributed by atoms with Crippen molar-refractivity contribution < 1.29 is 4.79 Å². The molecule has 1 saturated carbocycles. The summed E-state index contributed by atoms with van der Waals surface area (Å²) in [6.07, 6.45) is 1.23. The molecule has 2 aliphatic rings. The molecule has 2 N–H and O–H groups in total. The number of carbonyl (C=O) groups is 1. The summed E-state index contributed by atoms with van der Waals surface area (Å²) in [6.45, 7) is 5.42. The van der Waals surface area contributed by atoms with Crippen LogP contribution in [-0.2, 0) is 0 Å². The van der Waals surface area contributed by atoms with Crippen LogP contribution in [0.5, 0.6) is 0 Å². The second kappa shape index (κ2) is 5.42. The van der Waals surface area contributed by atoms with E-state index in [0.717, 1.165) is 22.0 Å². The second-order valence-corrected chi connectivity index (χ2v) is 7.90. The van der Waals surface area contributed by atoms with Gasteiger partial charge in [-0.25, -0.2) is 4.98 Å². The van der Waals surface area contributed by atoms with Gasteiger partial charge in [-0.05, 0) is 37.7 Å². The van der Waals surface area contributed by atoms with Gasteiger partial charge in [0.2, 0.25) is 0 Å². The Morgan fingerprint density at radius 3 is 3.00 bits per heavy atom.